The van der Waals surface area contributed by atoms with Gasteiger partial charge in [-0.2, -0.15) is 0 Å². The summed E-state index contributed by atoms with van der Waals surface area (Å²) in [6.07, 6.45) is 9.20. The van der Waals surface area contributed by atoms with Crippen LogP contribution >= 0.6 is 0 Å². The monoisotopic (exact) mass is 362 g/mol. The number of aliphatic hydroxyl groups excluding tert-OH is 1. The Morgan fingerprint density at radius 3 is 2.58 bits per heavy atom. The van der Waals surface area contributed by atoms with Crippen LogP contribution in [0.1, 0.15) is 78.6 Å². The Bertz CT molecular complexity index is 630. The van der Waals surface area contributed by atoms with Crippen LogP contribution in [0.4, 0.5) is 0 Å². The molecule has 2 unspecified atom stereocenters. The second-order valence-corrected chi connectivity index (χ2v) is 10.5. The van der Waals surface area contributed by atoms with Crippen molar-refractivity contribution in [1.29, 1.82) is 0 Å². The molecule has 0 aromatic carbocycles. The molecule has 0 saturated heterocycles. The van der Waals surface area contributed by atoms with E-state index in [1.54, 1.807) is 0 Å². The summed E-state index contributed by atoms with van der Waals surface area (Å²) in [5, 5.41) is 9.05. The van der Waals surface area contributed by atoms with Gasteiger partial charge in [0.05, 0.1) is 12.0 Å². The third-order valence-corrected chi connectivity index (χ3v) is 9.15. The van der Waals surface area contributed by atoms with Gasteiger partial charge in [0.25, 0.3) is 0 Å². The molecule has 0 amide bonds. The number of rotatable bonds is 3. The molecule has 0 radical (unpaired) electrons. The predicted molar refractivity (Wildman–Crippen MR) is 98.3 cm³/mol. The first-order valence-electron chi connectivity index (χ1n) is 10.5. The zero-order valence-electron chi connectivity index (χ0n) is 16.6. The Morgan fingerprint density at radius 2 is 1.85 bits per heavy atom. The zero-order chi connectivity index (χ0) is 18.8. The van der Waals surface area contributed by atoms with E-state index in [1.807, 2.05) is 0 Å². The Hall–Kier alpha value is -0.900. The number of carbonyl (C=O) groups is 2. The van der Waals surface area contributed by atoms with Crippen molar-refractivity contribution in [1.82, 2.24) is 0 Å². The van der Waals surface area contributed by atoms with Gasteiger partial charge in [-0.15, -0.1) is 0 Å². The molecular weight excluding hydrogens is 328 g/mol. The van der Waals surface area contributed by atoms with E-state index in [0.29, 0.717) is 17.6 Å². The molecule has 4 heteroatoms. The van der Waals surface area contributed by atoms with Crippen molar-refractivity contribution in [3.05, 3.63) is 0 Å². The van der Waals surface area contributed by atoms with E-state index in [-0.39, 0.29) is 35.4 Å². The van der Waals surface area contributed by atoms with Gasteiger partial charge in [0.1, 0.15) is 12.4 Å². The van der Waals surface area contributed by atoms with Crippen molar-refractivity contribution in [2.75, 3.05) is 13.2 Å². The molecule has 0 aromatic rings. The minimum Gasteiger partial charge on any atom is -0.463 e. The standard InChI is InChI=1S/C22H34O4/c1-19-9-5-16-20(2)7-4-8-21(3,18(25)26-12-11-23)15(20)6-10-22(16,14-19)13-17(19)24/h15-16,23H,4-14H2,1-3H3/t15-,16-,19-,20?,21+,22?/m0/s1. The summed E-state index contributed by atoms with van der Waals surface area (Å²) in [4.78, 5) is 25.7. The van der Waals surface area contributed by atoms with Crippen molar-refractivity contribution in [3.8, 4) is 0 Å². The molecule has 4 aliphatic rings. The fourth-order valence-corrected chi connectivity index (χ4v) is 8.05. The average Bonchev–Trinajstić information content (AvgIpc) is 2.76. The van der Waals surface area contributed by atoms with Gasteiger partial charge in [0.15, 0.2) is 0 Å². The van der Waals surface area contributed by atoms with Crippen LogP contribution in [-0.4, -0.2) is 30.1 Å². The van der Waals surface area contributed by atoms with Gasteiger partial charge in [0, 0.05) is 11.8 Å². The molecule has 2 bridgehead atoms. The first kappa shape index (κ1) is 18.5. The number of carbonyl (C=O) groups excluding carboxylic acids is 2. The Labute approximate surface area is 157 Å². The number of aliphatic hydroxyl groups is 1. The number of fused-ring (bicyclic) bond motifs is 3. The topological polar surface area (TPSA) is 63.6 Å². The summed E-state index contributed by atoms with van der Waals surface area (Å²) in [6, 6.07) is 0. The van der Waals surface area contributed by atoms with Gasteiger partial charge in [-0.1, -0.05) is 20.3 Å². The fourth-order valence-electron chi connectivity index (χ4n) is 8.05. The first-order chi connectivity index (χ1) is 12.2. The Balaban J connectivity index is 1.66. The smallest absolute Gasteiger partial charge is 0.312 e. The van der Waals surface area contributed by atoms with Gasteiger partial charge in [-0.3, -0.25) is 9.59 Å². The highest BCUT2D eigenvalue weighted by Crippen LogP contribution is 2.73. The summed E-state index contributed by atoms with van der Waals surface area (Å²) >= 11 is 0. The van der Waals surface area contributed by atoms with Crippen molar-refractivity contribution in [3.63, 3.8) is 0 Å². The molecule has 4 saturated carbocycles. The van der Waals surface area contributed by atoms with Gasteiger partial charge in [0.2, 0.25) is 0 Å². The van der Waals surface area contributed by atoms with Crippen molar-refractivity contribution in [2.45, 2.75) is 78.6 Å². The van der Waals surface area contributed by atoms with E-state index >= 15 is 0 Å². The number of ketones is 1. The summed E-state index contributed by atoms with van der Waals surface area (Å²) < 4.78 is 5.41. The lowest BCUT2D eigenvalue weighted by atomic mass is 9.40. The van der Waals surface area contributed by atoms with Gasteiger partial charge < -0.3 is 9.84 Å². The summed E-state index contributed by atoms with van der Waals surface area (Å²) in [6.45, 7) is 6.67. The number of hydrogen-bond acceptors (Lipinski definition) is 4. The predicted octanol–water partition coefficient (Wildman–Crippen LogP) is 3.89. The summed E-state index contributed by atoms with van der Waals surface area (Å²) in [7, 11) is 0. The lowest BCUT2D eigenvalue weighted by Gasteiger charge is -2.63. The van der Waals surface area contributed by atoms with Crippen LogP contribution in [0.3, 0.4) is 0 Å². The van der Waals surface area contributed by atoms with Crippen LogP contribution in [0.5, 0.6) is 0 Å². The van der Waals surface area contributed by atoms with E-state index in [0.717, 1.165) is 57.8 Å². The van der Waals surface area contributed by atoms with Gasteiger partial charge in [-0.25, -0.2) is 0 Å². The van der Waals surface area contributed by atoms with Crippen molar-refractivity contribution >= 4 is 11.8 Å². The number of esters is 1. The minimum atomic E-state index is -0.451. The molecule has 1 N–H and O–H groups in total. The van der Waals surface area contributed by atoms with E-state index in [9.17, 15) is 9.59 Å². The van der Waals surface area contributed by atoms with Crippen LogP contribution in [0, 0.1) is 33.5 Å². The Morgan fingerprint density at radius 1 is 1.12 bits per heavy atom. The van der Waals surface area contributed by atoms with Crippen molar-refractivity contribution in [2.24, 2.45) is 33.5 Å². The zero-order valence-corrected chi connectivity index (χ0v) is 16.6. The molecule has 0 heterocycles. The number of hydrogen-bond donors (Lipinski definition) is 1. The molecule has 146 valence electrons. The van der Waals surface area contributed by atoms with Gasteiger partial charge in [-0.05, 0) is 74.5 Å². The molecule has 6 atom stereocenters. The number of ether oxygens (including phenoxy) is 1. The van der Waals surface area contributed by atoms with E-state index in [4.69, 9.17) is 9.84 Å². The maximum absolute atomic E-state index is 12.9. The number of Topliss-reactive ketones (excluding diaryl/α,β-unsaturated/α-hetero) is 1. The van der Waals surface area contributed by atoms with Crippen LogP contribution in [0.15, 0.2) is 0 Å². The highest BCUT2D eigenvalue weighted by molar-refractivity contribution is 5.88. The second kappa shape index (κ2) is 5.80. The molecule has 4 aliphatic carbocycles. The van der Waals surface area contributed by atoms with E-state index < -0.39 is 5.41 Å². The summed E-state index contributed by atoms with van der Waals surface area (Å²) in [5.41, 5.74) is -0.233. The minimum absolute atomic E-state index is 0.0856. The van der Waals surface area contributed by atoms with Crippen LogP contribution < -0.4 is 0 Å². The third kappa shape index (κ3) is 2.30. The molecule has 0 aliphatic heterocycles. The lowest BCUT2D eigenvalue weighted by Crippen LogP contribution is -2.58. The Kier molecular flexibility index (Phi) is 4.12. The van der Waals surface area contributed by atoms with Crippen molar-refractivity contribution < 1.29 is 19.4 Å². The summed E-state index contributed by atoms with van der Waals surface area (Å²) in [5.74, 6) is 1.24. The molecule has 4 nitrogen and oxygen atoms in total. The normalized spacial score (nSPS) is 50.1. The highest BCUT2D eigenvalue weighted by Gasteiger charge is 2.68. The van der Waals surface area contributed by atoms with Crippen LogP contribution in [0.2, 0.25) is 0 Å². The van der Waals surface area contributed by atoms with Crippen LogP contribution in [-0.2, 0) is 14.3 Å². The first-order valence-corrected chi connectivity index (χ1v) is 10.5. The fraction of sp³-hybridized carbons (Fsp3) is 0.909. The highest BCUT2D eigenvalue weighted by atomic mass is 16.5. The quantitative estimate of drug-likeness (QED) is 0.774. The van der Waals surface area contributed by atoms with Crippen LogP contribution in [0.25, 0.3) is 0 Å². The molecule has 0 aromatic heterocycles. The SMILES string of the molecule is CC12CCC[C@@](C)(C(=O)OCCO)[C@H]1CCC13CC(=O)[C@@](C)(CC[C@H]12)C3. The lowest BCUT2D eigenvalue weighted by molar-refractivity contribution is -0.188. The third-order valence-electron chi connectivity index (χ3n) is 9.15. The maximum Gasteiger partial charge on any atom is 0.312 e. The van der Waals surface area contributed by atoms with Gasteiger partial charge >= 0.3 is 5.97 Å². The molecule has 26 heavy (non-hydrogen) atoms. The molecule has 4 rings (SSSR count). The maximum atomic E-state index is 12.9. The molecule has 1 spiro atoms. The second-order valence-electron chi connectivity index (χ2n) is 10.5. The van der Waals surface area contributed by atoms with E-state index in [1.165, 1.54) is 0 Å². The van der Waals surface area contributed by atoms with E-state index in [2.05, 4.69) is 20.8 Å². The molecular formula is C22H34O4. The largest absolute Gasteiger partial charge is 0.463 e. The molecule has 4 fully saturated rings. The average molecular weight is 363 g/mol.